The summed E-state index contributed by atoms with van der Waals surface area (Å²) in [5.74, 6) is -2.24. The summed E-state index contributed by atoms with van der Waals surface area (Å²) >= 11 is 6.00. The van der Waals surface area contributed by atoms with Crippen LogP contribution in [-0.4, -0.2) is 69.5 Å². The van der Waals surface area contributed by atoms with Crippen LogP contribution in [0.15, 0.2) is 42.6 Å². The van der Waals surface area contributed by atoms with E-state index in [0.717, 1.165) is 42.6 Å². The third kappa shape index (κ3) is 5.20. The SMILES string of the molecule is CC(C)N1CCC(Oc2ccc3c(c2)cc(C(=O)N2CCC(F)(F)CC2)n3-c2ccc(Cl)nc2)CC1. The molecule has 9 heteroatoms. The number of carbonyl (C=O) groups is 1. The number of piperidine rings is 2. The summed E-state index contributed by atoms with van der Waals surface area (Å²) in [6, 6.07) is 11.6. The monoisotopic (exact) mass is 516 g/mol. The van der Waals surface area contributed by atoms with E-state index < -0.39 is 5.92 Å². The Morgan fingerprint density at radius 2 is 1.81 bits per heavy atom. The zero-order valence-electron chi connectivity index (χ0n) is 20.6. The lowest BCUT2D eigenvalue weighted by Gasteiger charge is -2.34. The number of ether oxygens (including phenoxy) is 1. The zero-order valence-corrected chi connectivity index (χ0v) is 21.3. The number of carbonyl (C=O) groups excluding carboxylic acids is 1. The molecule has 0 saturated carbocycles. The second-order valence-electron chi connectivity index (χ2n) is 10.0. The van der Waals surface area contributed by atoms with Crippen molar-refractivity contribution in [2.24, 2.45) is 0 Å². The largest absolute Gasteiger partial charge is 0.490 e. The topological polar surface area (TPSA) is 50.6 Å². The van der Waals surface area contributed by atoms with Crippen molar-refractivity contribution in [1.82, 2.24) is 19.4 Å². The molecule has 2 fully saturated rings. The predicted octanol–water partition coefficient (Wildman–Crippen LogP) is 5.80. The molecule has 2 aromatic heterocycles. The molecule has 5 rings (SSSR count). The van der Waals surface area contributed by atoms with Crippen molar-refractivity contribution in [3.63, 3.8) is 0 Å². The fourth-order valence-electron chi connectivity index (χ4n) is 5.10. The van der Waals surface area contributed by atoms with E-state index in [2.05, 4.69) is 23.7 Å². The summed E-state index contributed by atoms with van der Waals surface area (Å²) < 4.78 is 35.6. The lowest BCUT2D eigenvalue weighted by molar-refractivity contribution is -0.0495. The van der Waals surface area contributed by atoms with Crippen LogP contribution in [0.4, 0.5) is 8.78 Å². The third-order valence-corrected chi connectivity index (χ3v) is 7.48. The Labute approximate surface area is 214 Å². The van der Waals surface area contributed by atoms with Gasteiger partial charge in [-0.25, -0.2) is 13.8 Å². The molecule has 0 atom stereocenters. The number of benzene rings is 1. The summed E-state index contributed by atoms with van der Waals surface area (Å²) in [5.41, 5.74) is 1.89. The van der Waals surface area contributed by atoms with E-state index in [0.29, 0.717) is 22.6 Å². The smallest absolute Gasteiger partial charge is 0.270 e. The van der Waals surface area contributed by atoms with Crippen molar-refractivity contribution in [1.29, 1.82) is 0 Å². The standard InChI is InChI=1S/C27H31ClF2N4O2/c1-18(2)32-11-7-21(8-12-32)36-22-4-5-23-19(15-22)16-24(34(23)20-3-6-25(28)31-17-20)26(35)33-13-9-27(29,30)10-14-33/h3-6,15-18,21H,7-14H2,1-2H3. The molecule has 1 aromatic carbocycles. The van der Waals surface area contributed by atoms with Gasteiger partial charge in [0.2, 0.25) is 0 Å². The first kappa shape index (κ1) is 25.0. The molecule has 2 saturated heterocycles. The van der Waals surface area contributed by atoms with Gasteiger partial charge in [-0.3, -0.25) is 4.79 Å². The minimum Gasteiger partial charge on any atom is -0.490 e. The van der Waals surface area contributed by atoms with Gasteiger partial charge in [0, 0.05) is 50.4 Å². The van der Waals surface area contributed by atoms with Gasteiger partial charge in [0.25, 0.3) is 11.8 Å². The Morgan fingerprint density at radius 1 is 1.08 bits per heavy atom. The van der Waals surface area contributed by atoms with E-state index in [1.807, 2.05) is 28.8 Å². The van der Waals surface area contributed by atoms with Crippen LogP contribution < -0.4 is 4.74 Å². The highest BCUT2D eigenvalue weighted by atomic mass is 35.5. The summed E-state index contributed by atoms with van der Waals surface area (Å²) in [6.07, 6.45) is 3.05. The lowest BCUT2D eigenvalue weighted by atomic mass is 10.1. The van der Waals surface area contributed by atoms with Crippen LogP contribution >= 0.6 is 11.6 Å². The Kier molecular flexibility index (Phi) is 6.92. The maximum Gasteiger partial charge on any atom is 0.270 e. The first-order chi connectivity index (χ1) is 17.2. The molecule has 0 spiro atoms. The van der Waals surface area contributed by atoms with Crippen LogP contribution in [0.3, 0.4) is 0 Å². The molecule has 2 aliphatic rings. The van der Waals surface area contributed by atoms with Crippen LogP contribution in [0.1, 0.15) is 50.0 Å². The number of amides is 1. The highest BCUT2D eigenvalue weighted by Gasteiger charge is 2.36. The number of pyridine rings is 1. The minimum absolute atomic E-state index is 0.0235. The van der Waals surface area contributed by atoms with Gasteiger partial charge in [-0.2, -0.15) is 0 Å². The highest BCUT2D eigenvalue weighted by molar-refractivity contribution is 6.29. The molecule has 0 bridgehead atoms. The first-order valence-electron chi connectivity index (χ1n) is 12.6. The lowest BCUT2D eigenvalue weighted by Crippen LogP contribution is -2.43. The number of rotatable bonds is 5. The average Bonchev–Trinajstić information content (AvgIpc) is 3.23. The van der Waals surface area contributed by atoms with Gasteiger partial charge in [0.15, 0.2) is 0 Å². The van der Waals surface area contributed by atoms with Gasteiger partial charge in [-0.05, 0) is 63.1 Å². The van der Waals surface area contributed by atoms with Gasteiger partial charge in [-0.1, -0.05) is 11.6 Å². The van der Waals surface area contributed by atoms with Crippen molar-refractivity contribution < 1.29 is 18.3 Å². The molecule has 192 valence electrons. The van der Waals surface area contributed by atoms with Crippen LogP contribution in [0.2, 0.25) is 5.15 Å². The average molecular weight is 517 g/mol. The van der Waals surface area contributed by atoms with Crippen molar-refractivity contribution in [3.8, 4) is 11.4 Å². The third-order valence-electron chi connectivity index (χ3n) is 7.25. The molecular weight excluding hydrogens is 486 g/mol. The number of fused-ring (bicyclic) bond motifs is 1. The van der Waals surface area contributed by atoms with E-state index in [9.17, 15) is 13.6 Å². The maximum absolute atomic E-state index is 13.7. The number of aromatic nitrogens is 2. The van der Waals surface area contributed by atoms with E-state index in [4.69, 9.17) is 16.3 Å². The van der Waals surface area contributed by atoms with E-state index >= 15 is 0 Å². The van der Waals surface area contributed by atoms with Gasteiger partial charge in [-0.15, -0.1) is 0 Å². The minimum atomic E-state index is -2.72. The second kappa shape index (κ2) is 9.98. The van der Waals surface area contributed by atoms with Crippen LogP contribution in [0, 0.1) is 0 Å². The van der Waals surface area contributed by atoms with Gasteiger partial charge in [0.05, 0.1) is 17.4 Å². The molecule has 6 nitrogen and oxygen atoms in total. The van der Waals surface area contributed by atoms with E-state index in [-0.39, 0.29) is 37.9 Å². The molecule has 4 heterocycles. The van der Waals surface area contributed by atoms with Crippen molar-refractivity contribution in [3.05, 3.63) is 53.4 Å². The van der Waals surface area contributed by atoms with Crippen LogP contribution in [0.25, 0.3) is 16.6 Å². The Bertz CT molecular complexity index is 1230. The number of likely N-dealkylation sites (tertiary alicyclic amines) is 2. The Hall–Kier alpha value is -2.71. The molecular formula is C27H31ClF2N4O2. The molecule has 1 amide bonds. The number of halogens is 3. The number of hydrogen-bond donors (Lipinski definition) is 0. The second-order valence-corrected chi connectivity index (χ2v) is 10.4. The fraction of sp³-hybridized carbons (Fsp3) is 0.481. The van der Waals surface area contributed by atoms with Crippen LogP contribution in [0.5, 0.6) is 5.75 Å². The fourth-order valence-corrected chi connectivity index (χ4v) is 5.22. The van der Waals surface area contributed by atoms with Crippen LogP contribution in [-0.2, 0) is 0 Å². The molecule has 0 aliphatic carbocycles. The molecule has 3 aromatic rings. The highest BCUT2D eigenvalue weighted by Crippen LogP contribution is 2.32. The Morgan fingerprint density at radius 3 is 2.44 bits per heavy atom. The van der Waals surface area contributed by atoms with Crippen molar-refractivity contribution in [2.75, 3.05) is 26.2 Å². The van der Waals surface area contributed by atoms with Gasteiger partial charge >= 0.3 is 0 Å². The first-order valence-corrected chi connectivity index (χ1v) is 12.9. The number of hydrogen-bond acceptors (Lipinski definition) is 4. The van der Waals surface area contributed by atoms with E-state index in [1.165, 1.54) is 4.90 Å². The normalized spacial score (nSPS) is 19.2. The summed E-state index contributed by atoms with van der Waals surface area (Å²) in [7, 11) is 0. The molecule has 2 aliphatic heterocycles. The molecule has 0 N–H and O–H groups in total. The number of alkyl halides is 2. The summed E-state index contributed by atoms with van der Waals surface area (Å²) in [4.78, 5) is 21.6. The molecule has 36 heavy (non-hydrogen) atoms. The van der Waals surface area contributed by atoms with Crippen molar-refractivity contribution >= 4 is 28.4 Å². The molecule has 0 unspecified atom stereocenters. The zero-order chi connectivity index (χ0) is 25.4. The van der Waals surface area contributed by atoms with Gasteiger partial charge < -0.3 is 19.1 Å². The maximum atomic E-state index is 13.7. The van der Waals surface area contributed by atoms with E-state index in [1.54, 1.807) is 18.3 Å². The predicted molar refractivity (Wildman–Crippen MR) is 137 cm³/mol. The number of nitrogens with zero attached hydrogens (tertiary/aromatic N) is 4. The Balaban J connectivity index is 1.45. The quantitative estimate of drug-likeness (QED) is 0.402. The summed E-state index contributed by atoms with van der Waals surface area (Å²) in [6.45, 7) is 6.50. The van der Waals surface area contributed by atoms with Crippen molar-refractivity contribution in [2.45, 2.75) is 57.6 Å². The summed E-state index contributed by atoms with van der Waals surface area (Å²) in [5, 5.41) is 1.19. The molecule has 0 radical (unpaired) electrons. The van der Waals surface area contributed by atoms with Gasteiger partial charge in [0.1, 0.15) is 22.7 Å².